The van der Waals surface area contributed by atoms with Crippen molar-refractivity contribution < 1.29 is 13.5 Å². The number of likely N-dealkylation sites (tertiary alicyclic amines) is 1. The van der Waals surface area contributed by atoms with Gasteiger partial charge in [0.25, 0.3) is 0 Å². The van der Waals surface area contributed by atoms with Crippen LogP contribution in [-0.4, -0.2) is 74.6 Å². The molecular formula is C17H23N8O3S-. The van der Waals surface area contributed by atoms with Crippen LogP contribution in [0.3, 0.4) is 0 Å². The van der Waals surface area contributed by atoms with Crippen LogP contribution >= 0.6 is 0 Å². The maximum absolute atomic E-state index is 10.9. The third-order valence-corrected chi connectivity index (χ3v) is 5.26. The van der Waals surface area contributed by atoms with Crippen LogP contribution in [-0.2, 0) is 11.1 Å². The minimum atomic E-state index is -2.05. The number of ether oxygens (including phenoxy) is 1. The van der Waals surface area contributed by atoms with Crippen LogP contribution in [0.15, 0.2) is 18.7 Å². The van der Waals surface area contributed by atoms with Crippen LogP contribution in [0, 0.1) is 0 Å². The lowest BCUT2D eigenvalue weighted by atomic mass is 10.1. The molecule has 0 radical (unpaired) electrons. The Morgan fingerprint density at radius 3 is 2.86 bits per heavy atom. The molecule has 156 valence electrons. The molecule has 0 spiro atoms. The SMILES string of the molecule is CC(C)Oc1c(-c2cn[nH]c2)ncn2nc(NC3CCN(CS(=O)[O-])CC3)nc12. The molecule has 0 aliphatic carbocycles. The fourth-order valence-corrected chi connectivity index (χ4v) is 3.92. The summed E-state index contributed by atoms with van der Waals surface area (Å²) in [7, 11) is 0. The summed E-state index contributed by atoms with van der Waals surface area (Å²) >= 11 is -2.05. The molecule has 1 fully saturated rings. The second-order valence-electron chi connectivity index (χ2n) is 7.25. The number of piperidine rings is 1. The molecule has 2 N–H and O–H groups in total. The largest absolute Gasteiger partial charge is 0.771 e. The van der Waals surface area contributed by atoms with Gasteiger partial charge in [0.2, 0.25) is 11.6 Å². The fourth-order valence-electron chi connectivity index (χ4n) is 3.37. The summed E-state index contributed by atoms with van der Waals surface area (Å²) in [5.41, 5.74) is 2.04. The number of fused-ring (bicyclic) bond motifs is 1. The highest BCUT2D eigenvalue weighted by atomic mass is 32.2. The zero-order chi connectivity index (χ0) is 20.4. The Kier molecular flexibility index (Phi) is 5.74. The summed E-state index contributed by atoms with van der Waals surface area (Å²) in [6.45, 7) is 5.32. The number of rotatable bonds is 7. The van der Waals surface area contributed by atoms with Crippen molar-refractivity contribution in [1.82, 2.24) is 34.7 Å². The first-order chi connectivity index (χ1) is 14.0. The van der Waals surface area contributed by atoms with Crippen molar-refractivity contribution in [3.63, 3.8) is 0 Å². The molecular weight excluding hydrogens is 396 g/mol. The third-order valence-electron chi connectivity index (χ3n) is 4.68. The maximum atomic E-state index is 10.9. The molecule has 1 aliphatic rings. The van der Waals surface area contributed by atoms with Gasteiger partial charge in [-0.25, -0.2) is 4.98 Å². The zero-order valence-corrected chi connectivity index (χ0v) is 17.1. The van der Waals surface area contributed by atoms with E-state index in [1.54, 1.807) is 23.2 Å². The molecule has 12 heteroatoms. The number of H-pyrrole nitrogens is 1. The van der Waals surface area contributed by atoms with Crippen molar-refractivity contribution in [3.05, 3.63) is 18.7 Å². The van der Waals surface area contributed by atoms with E-state index in [0.717, 1.165) is 18.4 Å². The molecule has 1 aliphatic heterocycles. The monoisotopic (exact) mass is 419 g/mol. The van der Waals surface area contributed by atoms with Gasteiger partial charge in [0.15, 0.2) is 5.75 Å². The number of anilines is 1. The normalized spacial score (nSPS) is 17.1. The van der Waals surface area contributed by atoms with Crippen molar-refractivity contribution in [3.8, 4) is 17.0 Å². The molecule has 3 aromatic heterocycles. The Hall–Kier alpha value is -2.57. The van der Waals surface area contributed by atoms with E-state index in [9.17, 15) is 8.76 Å². The van der Waals surface area contributed by atoms with Gasteiger partial charge >= 0.3 is 0 Å². The predicted molar refractivity (Wildman–Crippen MR) is 106 cm³/mol. The molecule has 11 nitrogen and oxygen atoms in total. The van der Waals surface area contributed by atoms with Gasteiger partial charge in [-0.3, -0.25) is 14.2 Å². The van der Waals surface area contributed by atoms with Gasteiger partial charge in [0.1, 0.15) is 12.0 Å². The summed E-state index contributed by atoms with van der Waals surface area (Å²) in [6, 6.07) is 0.180. The Morgan fingerprint density at radius 1 is 1.41 bits per heavy atom. The van der Waals surface area contributed by atoms with Gasteiger partial charge in [-0.15, -0.1) is 5.10 Å². The zero-order valence-electron chi connectivity index (χ0n) is 16.2. The van der Waals surface area contributed by atoms with Gasteiger partial charge in [-0.2, -0.15) is 14.6 Å². The number of aromatic amines is 1. The number of aromatic nitrogens is 6. The quantitative estimate of drug-likeness (QED) is 0.538. The Bertz CT molecular complexity index is 982. The molecule has 0 aromatic carbocycles. The van der Waals surface area contributed by atoms with E-state index in [4.69, 9.17) is 4.74 Å². The Morgan fingerprint density at radius 2 is 2.21 bits per heavy atom. The first-order valence-corrected chi connectivity index (χ1v) is 10.7. The molecule has 0 saturated carbocycles. The van der Waals surface area contributed by atoms with Crippen molar-refractivity contribution in [1.29, 1.82) is 0 Å². The summed E-state index contributed by atoms with van der Waals surface area (Å²) in [5, 5.41) is 14.6. The van der Waals surface area contributed by atoms with Crippen molar-refractivity contribution >= 4 is 22.7 Å². The van der Waals surface area contributed by atoms with E-state index in [0.29, 0.717) is 36.1 Å². The van der Waals surface area contributed by atoms with Crippen molar-refractivity contribution in [2.45, 2.75) is 38.8 Å². The number of hydrogen-bond acceptors (Lipinski definition) is 9. The average Bonchev–Trinajstić information content (AvgIpc) is 3.32. The molecule has 3 aromatic rings. The highest BCUT2D eigenvalue weighted by Crippen LogP contribution is 2.32. The minimum absolute atomic E-state index is 0.0577. The average molecular weight is 419 g/mol. The van der Waals surface area contributed by atoms with E-state index < -0.39 is 11.1 Å². The van der Waals surface area contributed by atoms with Gasteiger partial charge < -0.3 is 14.6 Å². The van der Waals surface area contributed by atoms with E-state index in [1.807, 2.05) is 18.7 Å². The first-order valence-electron chi connectivity index (χ1n) is 9.45. The summed E-state index contributed by atoms with van der Waals surface area (Å²) in [4.78, 5) is 11.0. The standard InChI is InChI=1S/C17H24N8O3S/c1-11(2)28-15-14(12-7-19-20-8-12)18-9-25-16(15)22-17(23-25)21-13-3-5-24(6-4-13)10-29(26)27/h7-9,11,13H,3-6,10H2,1-2H3,(H,19,20)(H,21,23)(H,26,27)/p-1. The van der Waals surface area contributed by atoms with Gasteiger partial charge in [-0.1, -0.05) is 0 Å². The first kappa shape index (κ1) is 19.7. The van der Waals surface area contributed by atoms with E-state index in [1.165, 1.54) is 0 Å². The molecule has 29 heavy (non-hydrogen) atoms. The summed E-state index contributed by atoms with van der Waals surface area (Å²) in [6.07, 6.45) is 6.63. The second kappa shape index (κ2) is 8.43. The topological polar surface area (TPSA) is 136 Å². The molecule has 1 atom stereocenters. The van der Waals surface area contributed by atoms with E-state index >= 15 is 0 Å². The summed E-state index contributed by atoms with van der Waals surface area (Å²) < 4.78 is 29.3. The molecule has 0 bridgehead atoms. The van der Waals surface area contributed by atoms with E-state index in [-0.39, 0.29) is 18.0 Å². The summed E-state index contributed by atoms with van der Waals surface area (Å²) in [5.74, 6) is 1.13. The predicted octanol–water partition coefficient (Wildman–Crippen LogP) is 1.01. The molecule has 0 amide bonds. The maximum Gasteiger partial charge on any atom is 0.243 e. The molecule has 1 unspecified atom stereocenters. The van der Waals surface area contributed by atoms with Crippen LogP contribution in [0.4, 0.5) is 5.95 Å². The number of nitrogens with one attached hydrogen (secondary N) is 2. The van der Waals surface area contributed by atoms with Crippen LogP contribution in [0.25, 0.3) is 16.9 Å². The second-order valence-corrected chi connectivity index (χ2v) is 8.11. The lowest BCUT2D eigenvalue weighted by molar-refractivity contribution is 0.244. The smallest absolute Gasteiger partial charge is 0.243 e. The Balaban J connectivity index is 1.55. The van der Waals surface area contributed by atoms with Crippen molar-refractivity contribution in [2.75, 3.05) is 24.3 Å². The molecule has 1 saturated heterocycles. The van der Waals surface area contributed by atoms with Crippen LogP contribution in [0.5, 0.6) is 5.75 Å². The van der Waals surface area contributed by atoms with E-state index in [2.05, 4.69) is 30.6 Å². The lowest BCUT2D eigenvalue weighted by Gasteiger charge is -2.32. The van der Waals surface area contributed by atoms with Gasteiger partial charge in [-0.05, 0) is 37.8 Å². The highest BCUT2D eigenvalue weighted by Gasteiger charge is 2.22. The van der Waals surface area contributed by atoms with Crippen molar-refractivity contribution in [2.24, 2.45) is 0 Å². The van der Waals surface area contributed by atoms with Gasteiger partial charge in [0, 0.05) is 30.9 Å². The third kappa shape index (κ3) is 4.54. The lowest BCUT2D eigenvalue weighted by Crippen LogP contribution is -2.40. The molecule has 4 heterocycles. The van der Waals surface area contributed by atoms with Crippen LogP contribution in [0.2, 0.25) is 0 Å². The molecule has 4 rings (SSSR count). The number of hydrogen-bond donors (Lipinski definition) is 2. The Labute approximate surface area is 170 Å². The fraction of sp³-hybridized carbons (Fsp3) is 0.529. The highest BCUT2D eigenvalue weighted by molar-refractivity contribution is 7.79. The van der Waals surface area contributed by atoms with Crippen LogP contribution < -0.4 is 10.1 Å². The number of nitrogens with zero attached hydrogens (tertiary/aromatic N) is 6. The minimum Gasteiger partial charge on any atom is -0.771 e. The van der Waals surface area contributed by atoms with Gasteiger partial charge in [0.05, 0.1) is 18.2 Å². The van der Waals surface area contributed by atoms with Crippen LogP contribution in [0.1, 0.15) is 26.7 Å².